The molecular weight excluding hydrogens is 410 g/mol. The van der Waals surface area contributed by atoms with E-state index in [1.807, 2.05) is 34.9 Å². The standard InChI is InChI=1S/C23H37N5O4/c1-23(2,32-6)22(30)27-9-7-16(8-10-27)21-24-18(14-19(25-21)26(3)4)17-13-20(29)28(15-17)11-12-31-5/h14,16-17H,7-13,15H2,1-6H3/t17-/m0/s1. The summed E-state index contributed by atoms with van der Waals surface area (Å²) < 4.78 is 10.5. The van der Waals surface area contributed by atoms with Gasteiger partial charge in [0.2, 0.25) is 5.91 Å². The molecule has 2 saturated heterocycles. The molecule has 0 unspecified atom stereocenters. The Bertz CT molecular complexity index is 821. The minimum absolute atomic E-state index is 0.0164. The number of ether oxygens (including phenoxy) is 2. The Hall–Kier alpha value is -2.26. The zero-order valence-electron chi connectivity index (χ0n) is 20.3. The normalized spacial score (nSPS) is 20.2. The molecule has 2 aliphatic rings. The summed E-state index contributed by atoms with van der Waals surface area (Å²) in [7, 11) is 7.15. The molecule has 1 aromatic heterocycles. The second kappa shape index (κ2) is 10.1. The lowest BCUT2D eigenvalue weighted by molar-refractivity contribution is -0.152. The van der Waals surface area contributed by atoms with Crippen LogP contribution >= 0.6 is 0 Å². The number of anilines is 1. The van der Waals surface area contributed by atoms with Crippen LogP contribution in [0.3, 0.4) is 0 Å². The van der Waals surface area contributed by atoms with E-state index in [0.29, 0.717) is 39.2 Å². The zero-order chi connectivity index (χ0) is 23.5. The molecule has 2 aliphatic heterocycles. The number of hydrogen-bond acceptors (Lipinski definition) is 7. The molecule has 1 aromatic rings. The molecule has 0 aliphatic carbocycles. The smallest absolute Gasteiger partial charge is 0.254 e. The number of nitrogens with zero attached hydrogens (tertiary/aromatic N) is 5. The van der Waals surface area contributed by atoms with Crippen LogP contribution in [0.15, 0.2) is 6.07 Å². The first kappa shape index (κ1) is 24.4. The molecule has 0 aromatic carbocycles. The van der Waals surface area contributed by atoms with Crippen molar-refractivity contribution in [3.8, 4) is 0 Å². The van der Waals surface area contributed by atoms with Gasteiger partial charge in [0.25, 0.3) is 5.91 Å². The molecule has 0 radical (unpaired) electrons. The second-order valence-electron chi connectivity index (χ2n) is 9.42. The highest BCUT2D eigenvalue weighted by Crippen LogP contribution is 2.32. The molecule has 0 N–H and O–H groups in total. The van der Waals surface area contributed by atoms with E-state index < -0.39 is 5.60 Å². The second-order valence-corrected chi connectivity index (χ2v) is 9.42. The number of rotatable bonds is 8. The highest BCUT2D eigenvalue weighted by Gasteiger charge is 2.36. The third-order valence-corrected chi connectivity index (χ3v) is 6.58. The minimum Gasteiger partial charge on any atom is -0.383 e. The predicted octanol–water partition coefficient (Wildman–Crippen LogP) is 1.64. The van der Waals surface area contributed by atoms with Crippen molar-refractivity contribution in [2.45, 2.75) is 50.5 Å². The summed E-state index contributed by atoms with van der Waals surface area (Å²) in [5, 5.41) is 0. The summed E-state index contributed by atoms with van der Waals surface area (Å²) in [6.45, 7) is 6.72. The fourth-order valence-corrected chi connectivity index (χ4v) is 4.29. The third-order valence-electron chi connectivity index (χ3n) is 6.58. The molecule has 9 heteroatoms. The summed E-state index contributed by atoms with van der Waals surface area (Å²) in [6.07, 6.45) is 2.09. The number of piperidine rings is 1. The molecule has 2 fully saturated rings. The molecule has 0 saturated carbocycles. The van der Waals surface area contributed by atoms with Crippen molar-refractivity contribution < 1.29 is 19.1 Å². The number of carbonyl (C=O) groups is 2. The molecule has 1 atom stereocenters. The maximum absolute atomic E-state index is 12.7. The Kier molecular flexibility index (Phi) is 7.71. The maximum atomic E-state index is 12.7. The molecule has 0 bridgehead atoms. The van der Waals surface area contributed by atoms with E-state index >= 15 is 0 Å². The SMILES string of the molecule is COCCN1C[C@@H](c2cc(N(C)C)nc(C3CCN(C(=O)C(C)(C)OC)CC3)n2)CC1=O. The van der Waals surface area contributed by atoms with E-state index in [1.165, 1.54) is 0 Å². The van der Waals surface area contributed by atoms with Crippen LogP contribution in [0.5, 0.6) is 0 Å². The van der Waals surface area contributed by atoms with E-state index in [1.54, 1.807) is 28.1 Å². The summed E-state index contributed by atoms with van der Waals surface area (Å²) in [6, 6.07) is 2.00. The van der Waals surface area contributed by atoms with Gasteiger partial charge in [-0.25, -0.2) is 9.97 Å². The third kappa shape index (κ3) is 5.38. The van der Waals surface area contributed by atoms with Gasteiger partial charge in [-0.2, -0.15) is 0 Å². The predicted molar refractivity (Wildman–Crippen MR) is 122 cm³/mol. The van der Waals surface area contributed by atoms with Gasteiger partial charge < -0.3 is 24.2 Å². The lowest BCUT2D eigenvalue weighted by atomic mass is 9.94. The van der Waals surface area contributed by atoms with E-state index in [2.05, 4.69) is 0 Å². The van der Waals surface area contributed by atoms with Crippen LogP contribution in [0.25, 0.3) is 0 Å². The minimum atomic E-state index is -0.814. The lowest BCUT2D eigenvalue weighted by Gasteiger charge is -2.36. The fraction of sp³-hybridized carbons (Fsp3) is 0.739. The van der Waals surface area contributed by atoms with Crippen LogP contribution < -0.4 is 4.90 Å². The quantitative estimate of drug-likeness (QED) is 0.599. The van der Waals surface area contributed by atoms with Crippen molar-refractivity contribution in [2.75, 3.05) is 66.0 Å². The van der Waals surface area contributed by atoms with Crippen molar-refractivity contribution in [1.82, 2.24) is 19.8 Å². The van der Waals surface area contributed by atoms with Gasteiger partial charge in [0.05, 0.1) is 12.3 Å². The van der Waals surface area contributed by atoms with Gasteiger partial charge in [-0.15, -0.1) is 0 Å². The van der Waals surface area contributed by atoms with Crippen molar-refractivity contribution in [3.05, 3.63) is 17.6 Å². The van der Waals surface area contributed by atoms with Gasteiger partial charge in [-0.05, 0) is 26.7 Å². The molecule has 3 heterocycles. The molecule has 178 valence electrons. The Morgan fingerprint density at radius 3 is 2.47 bits per heavy atom. The number of carbonyl (C=O) groups excluding carboxylic acids is 2. The Morgan fingerprint density at radius 2 is 1.88 bits per heavy atom. The molecule has 3 rings (SSSR count). The van der Waals surface area contributed by atoms with Gasteiger partial charge in [-0.3, -0.25) is 9.59 Å². The van der Waals surface area contributed by atoms with E-state index in [4.69, 9.17) is 19.4 Å². The Morgan fingerprint density at radius 1 is 1.19 bits per heavy atom. The van der Waals surface area contributed by atoms with Crippen LogP contribution in [0.4, 0.5) is 5.82 Å². The summed E-state index contributed by atoms with van der Waals surface area (Å²) in [5.74, 6) is 2.07. The number of amides is 2. The monoisotopic (exact) mass is 447 g/mol. The first-order chi connectivity index (χ1) is 15.2. The zero-order valence-corrected chi connectivity index (χ0v) is 20.3. The largest absolute Gasteiger partial charge is 0.383 e. The van der Waals surface area contributed by atoms with Crippen LogP contribution in [-0.2, 0) is 19.1 Å². The van der Waals surface area contributed by atoms with Crippen LogP contribution in [0.1, 0.15) is 56.5 Å². The molecule has 32 heavy (non-hydrogen) atoms. The molecular formula is C23H37N5O4. The van der Waals surface area contributed by atoms with Crippen LogP contribution in [-0.4, -0.2) is 98.3 Å². The van der Waals surface area contributed by atoms with Gasteiger partial charge >= 0.3 is 0 Å². The van der Waals surface area contributed by atoms with E-state index in [-0.39, 0.29) is 23.7 Å². The summed E-state index contributed by atoms with van der Waals surface area (Å²) in [4.78, 5) is 40.6. The highest BCUT2D eigenvalue weighted by atomic mass is 16.5. The van der Waals surface area contributed by atoms with Crippen molar-refractivity contribution in [3.63, 3.8) is 0 Å². The van der Waals surface area contributed by atoms with Gasteiger partial charge in [0.1, 0.15) is 17.2 Å². The van der Waals surface area contributed by atoms with Crippen LogP contribution in [0.2, 0.25) is 0 Å². The number of likely N-dealkylation sites (tertiary alicyclic amines) is 2. The summed E-state index contributed by atoms with van der Waals surface area (Å²) >= 11 is 0. The highest BCUT2D eigenvalue weighted by molar-refractivity contribution is 5.84. The van der Waals surface area contributed by atoms with Gasteiger partial charge in [-0.1, -0.05) is 0 Å². The first-order valence-corrected chi connectivity index (χ1v) is 11.3. The van der Waals surface area contributed by atoms with Crippen molar-refractivity contribution in [2.24, 2.45) is 0 Å². The average molecular weight is 448 g/mol. The number of hydrogen-bond donors (Lipinski definition) is 0. The van der Waals surface area contributed by atoms with Crippen LogP contribution in [0, 0.1) is 0 Å². The topological polar surface area (TPSA) is 88.1 Å². The molecule has 0 spiro atoms. The Balaban J connectivity index is 1.75. The first-order valence-electron chi connectivity index (χ1n) is 11.3. The Labute approximate surface area is 191 Å². The van der Waals surface area contributed by atoms with E-state index in [0.717, 1.165) is 30.2 Å². The number of aromatic nitrogens is 2. The average Bonchev–Trinajstić information content (AvgIpc) is 3.17. The maximum Gasteiger partial charge on any atom is 0.254 e. The molecule has 9 nitrogen and oxygen atoms in total. The van der Waals surface area contributed by atoms with E-state index in [9.17, 15) is 9.59 Å². The summed E-state index contributed by atoms with van der Waals surface area (Å²) in [5.41, 5.74) is 0.108. The van der Waals surface area contributed by atoms with Crippen molar-refractivity contribution in [1.29, 1.82) is 0 Å². The van der Waals surface area contributed by atoms with Crippen molar-refractivity contribution >= 4 is 17.6 Å². The lowest BCUT2D eigenvalue weighted by Crippen LogP contribution is -2.49. The fourth-order valence-electron chi connectivity index (χ4n) is 4.29. The molecule has 2 amide bonds. The van der Waals surface area contributed by atoms with Gasteiger partial charge in [0, 0.05) is 78.8 Å². The van der Waals surface area contributed by atoms with Gasteiger partial charge in [0.15, 0.2) is 0 Å². The number of methoxy groups -OCH3 is 2.